The lowest BCUT2D eigenvalue weighted by atomic mass is 10.3. The number of nitrogens with one attached hydrogen (secondary N) is 2. The predicted molar refractivity (Wildman–Crippen MR) is 126 cm³/mol. The summed E-state index contributed by atoms with van der Waals surface area (Å²) in [5, 5.41) is 10.8. The van der Waals surface area contributed by atoms with Crippen molar-refractivity contribution in [1.82, 2.24) is 29.5 Å². The zero-order valence-corrected chi connectivity index (χ0v) is 18.5. The van der Waals surface area contributed by atoms with Crippen molar-refractivity contribution in [3.8, 4) is 11.5 Å². The molecule has 0 bridgehead atoms. The number of amides is 1. The molecule has 4 heterocycles. The van der Waals surface area contributed by atoms with Crippen LogP contribution in [-0.4, -0.2) is 36.6 Å². The van der Waals surface area contributed by atoms with Gasteiger partial charge in [-0.05, 0) is 42.5 Å². The Morgan fingerprint density at radius 3 is 2.91 bits per heavy atom. The fraction of sp³-hybridized carbons (Fsp3) is 0.130. The molecule has 9 nitrogen and oxygen atoms in total. The topological polar surface area (TPSA) is 98.4 Å². The molecule has 0 aliphatic carbocycles. The molecular weight excluding hydrogens is 442 g/mol. The summed E-state index contributed by atoms with van der Waals surface area (Å²) >= 11 is 6.50. The second kappa shape index (κ2) is 8.79. The van der Waals surface area contributed by atoms with Crippen molar-refractivity contribution in [2.45, 2.75) is 13.5 Å². The average Bonchev–Trinajstić information content (AvgIpc) is 3.43. The summed E-state index contributed by atoms with van der Waals surface area (Å²) in [5.74, 6) is 1.73. The van der Waals surface area contributed by atoms with Gasteiger partial charge in [-0.25, -0.2) is 14.5 Å². The lowest BCUT2D eigenvalue weighted by Crippen LogP contribution is -2.24. The molecule has 0 fully saturated rings. The van der Waals surface area contributed by atoms with E-state index in [1.807, 2.05) is 41.1 Å². The van der Waals surface area contributed by atoms with E-state index >= 15 is 0 Å². The van der Waals surface area contributed by atoms with Crippen LogP contribution in [0.5, 0.6) is 11.5 Å². The number of aromatic nitrogens is 5. The molecule has 1 aromatic carbocycles. The minimum Gasteiger partial charge on any atom is -0.454 e. The van der Waals surface area contributed by atoms with Gasteiger partial charge in [0.15, 0.2) is 5.82 Å². The summed E-state index contributed by atoms with van der Waals surface area (Å²) in [6.07, 6.45) is 6.96. The maximum absolute atomic E-state index is 11.2. The number of anilines is 2. The number of hydrogen-bond acceptors (Lipinski definition) is 6. The van der Waals surface area contributed by atoms with Crippen LogP contribution in [-0.2, 0) is 11.3 Å². The van der Waals surface area contributed by atoms with Gasteiger partial charge in [0, 0.05) is 38.1 Å². The van der Waals surface area contributed by atoms with Gasteiger partial charge in [0.05, 0.1) is 22.3 Å². The van der Waals surface area contributed by atoms with E-state index in [-0.39, 0.29) is 5.91 Å². The summed E-state index contributed by atoms with van der Waals surface area (Å²) < 4.78 is 9.68. The second-order valence-corrected chi connectivity index (χ2v) is 7.79. The SMILES string of the molecule is CC(=O)NCCn1ccc2ncnc(Nc3ccc(Oc4ccc5ccnn5c4)c(Cl)c3)c21. The Morgan fingerprint density at radius 1 is 1.15 bits per heavy atom. The Balaban J connectivity index is 1.36. The first-order chi connectivity index (χ1) is 16.1. The molecule has 10 heteroatoms. The van der Waals surface area contributed by atoms with Crippen LogP contribution in [0.2, 0.25) is 5.02 Å². The minimum absolute atomic E-state index is 0.0671. The molecule has 4 aromatic heterocycles. The largest absolute Gasteiger partial charge is 0.454 e. The average molecular weight is 462 g/mol. The Labute approximate surface area is 194 Å². The van der Waals surface area contributed by atoms with Crippen LogP contribution < -0.4 is 15.4 Å². The normalized spacial score (nSPS) is 11.1. The van der Waals surface area contributed by atoms with Crippen LogP contribution in [0.1, 0.15) is 6.92 Å². The fourth-order valence-corrected chi connectivity index (χ4v) is 3.76. The number of halogens is 1. The fourth-order valence-electron chi connectivity index (χ4n) is 3.54. The molecule has 166 valence electrons. The van der Waals surface area contributed by atoms with Crippen LogP contribution in [0.3, 0.4) is 0 Å². The maximum atomic E-state index is 11.2. The lowest BCUT2D eigenvalue weighted by molar-refractivity contribution is -0.118. The molecule has 0 aliphatic heterocycles. The van der Waals surface area contributed by atoms with Gasteiger partial charge in [-0.15, -0.1) is 0 Å². The molecule has 0 unspecified atom stereocenters. The first kappa shape index (κ1) is 20.8. The van der Waals surface area contributed by atoms with Crippen LogP contribution in [0.4, 0.5) is 11.5 Å². The lowest BCUT2D eigenvalue weighted by Gasteiger charge is -2.13. The van der Waals surface area contributed by atoms with Crippen molar-refractivity contribution in [1.29, 1.82) is 0 Å². The zero-order chi connectivity index (χ0) is 22.8. The molecule has 0 saturated heterocycles. The van der Waals surface area contributed by atoms with Crippen LogP contribution in [0.15, 0.2) is 67.4 Å². The van der Waals surface area contributed by atoms with Gasteiger partial charge in [-0.1, -0.05) is 11.6 Å². The smallest absolute Gasteiger partial charge is 0.216 e. The maximum Gasteiger partial charge on any atom is 0.216 e. The number of rotatable bonds is 7. The van der Waals surface area contributed by atoms with Crippen LogP contribution in [0.25, 0.3) is 16.6 Å². The Kier molecular flexibility index (Phi) is 5.54. The van der Waals surface area contributed by atoms with E-state index < -0.39 is 0 Å². The summed E-state index contributed by atoms with van der Waals surface area (Å²) in [6.45, 7) is 2.60. The molecule has 0 atom stereocenters. The number of nitrogens with zero attached hydrogens (tertiary/aromatic N) is 5. The van der Waals surface area contributed by atoms with E-state index in [0.29, 0.717) is 35.4 Å². The van der Waals surface area contributed by atoms with Gasteiger partial charge in [0.1, 0.15) is 23.3 Å². The first-order valence-electron chi connectivity index (χ1n) is 10.3. The van der Waals surface area contributed by atoms with Crippen molar-refractivity contribution in [3.05, 3.63) is 72.4 Å². The second-order valence-electron chi connectivity index (χ2n) is 7.39. The number of carbonyl (C=O) groups is 1. The highest BCUT2D eigenvalue weighted by molar-refractivity contribution is 6.32. The van der Waals surface area contributed by atoms with E-state index in [1.165, 1.54) is 13.3 Å². The monoisotopic (exact) mass is 461 g/mol. The number of pyridine rings is 1. The zero-order valence-electron chi connectivity index (χ0n) is 17.7. The van der Waals surface area contributed by atoms with Gasteiger partial charge < -0.3 is 19.9 Å². The molecule has 0 aliphatic rings. The number of ether oxygens (including phenoxy) is 1. The summed E-state index contributed by atoms with van der Waals surface area (Å²) in [6, 6.07) is 13.1. The number of benzene rings is 1. The van der Waals surface area contributed by atoms with E-state index in [2.05, 4.69) is 25.7 Å². The van der Waals surface area contributed by atoms with Gasteiger partial charge in [-0.2, -0.15) is 5.10 Å². The Bertz CT molecular complexity index is 1460. The minimum atomic E-state index is -0.0671. The highest BCUT2D eigenvalue weighted by Gasteiger charge is 2.12. The number of hydrogen-bond donors (Lipinski definition) is 2. The van der Waals surface area contributed by atoms with E-state index in [9.17, 15) is 4.79 Å². The van der Waals surface area contributed by atoms with Crippen molar-refractivity contribution < 1.29 is 9.53 Å². The molecule has 0 saturated carbocycles. The summed E-state index contributed by atoms with van der Waals surface area (Å²) in [5.41, 5.74) is 3.37. The van der Waals surface area contributed by atoms with Crippen molar-refractivity contribution in [2.75, 3.05) is 11.9 Å². The van der Waals surface area contributed by atoms with Crippen molar-refractivity contribution in [3.63, 3.8) is 0 Å². The first-order valence-corrected chi connectivity index (χ1v) is 10.7. The Hall–Kier alpha value is -4.11. The number of fused-ring (bicyclic) bond motifs is 2. The summed E-state index contributed by atoms with van der Waals surface area (Å²) in [7, 11) is 0. The number of carbonyl (C=O) groups excluding carboxylic acids is 1. The third-order valence-electron chi connectivity index (χ3n) is 5.07. The van der Waals surface area contributed by atoms with Gasteiger partial charge in [0.25, 0.3) is 0 Å². The molecule has 1 amide bonds. The third-order valence-corrected chi connectivity index (χ3v) is 5.36. The molecule has 2 N–H and O–H groups in total. The van der Waals surface area contributed by atoms with Crippen molar-refractivity contribution >= 4 is 45.6 Å². The third kappa shape index (κ3) is 4.44. The van der Waals surface area contributed by atoms with Gasteiger partial charge in [-0.3, -0.25) is 4.79 Å². The molecular formula is C23H20ClN7O2. The molecule has 5 rings (SSSR count). The quantitative estimate of drug-likeness (QED) is 0.372. The van der Waals surface area contributed by atoms with E-state index in [1.54, 1.807) is 29.0 Å². The van der Waals surface area contributed by atoms with Gasteiger partial charge >= 0.3 is 0 Å². The van der Waals surface area contributed by atoms with Crippen molar-refractivity contribution in [2.24, 2.45) is 0 Å². The van der Waals surface area contributed by atoms with Gasteiger partial charge in [0.2, 0.25) is 5.91 Å². The molecule has 0 spiro atoms. The molecule has 0 radical (unpaired) electrons. The Morgan fingerprint density at radius 2 is 2.06 bits per heavy atom. The molecule has 5 aromatic rings. The van der Waals surface area contributed by atoms with E-state index in [0.717, 1.165) is 22.2 Å². The highest BCUT2D eigenvalue weighted by Crippen LogP contribution is 2.33. The predicted octanol–water partition coefficient (Wildman–Crippen LogP) is 4.40. The van der Waals surface area contributed by atoms with Crippen LogP contribution in [0, 0.1) is 0 Å². The molecule has 33 heavy (non-hydrogen) atoms. The van der Waals surface area contributed by atoms with Crippen LogP contribution >= 0.6 is 11.6 Å². The standard InChI is InChI=1S/C23H20ClN7O2/c1-15(32)25-9-11-30-10-7-20-22(30)23(27-14-26-20)29-16-2-5-21(19(24)12-16)33-18-4-3-17-6-8-28-31(17)13-18/h2-8,10,12-14H,9,11H2,1H3,(H,25,32)(H,26,27,29). The van der Waals surface area contributed by atoms with E-state index in [4.69, 9.17) is 16.3 Å². The summed E-state index contributed by atoms with van der Waals surface area (Å²) in [4.78, 5) is 19.9. The highest BCUT2D eigenvalue weighted by atomic mass is 35.5.